The summed E-state index contributed by atoms with van der Waals surface area (Å²) in [5.74, 6) is 0.305. The van der Waals surface area contributed by atoms with Crippen molar-refractivity contribution in [3.8, 4) is 5.82 Å². The lowest BCUT2D eigenvalue weighted by Gasteiger charge is -2.09. The average molecular weight is 384 g/mol. The van der Waals surface area contributed by atoms with Crippen LogP contribution < -0.4 is 10.6 Å². The average Bonchev–Trinajstić information content (AvgIpc) is 3.32. The molecule has 2 N–H and O–H groups in total. The van der Waals surface area contributed by atoms with Crippen molar-refractivity contribution in [3.63, 3.8) is 0 Å². The SMILES string of the molecule is CC(C)C(=O)Nc1nc(CC(=O)NCc2cccnc2-n2cccn2)cs1. The zero-order chi connectivity index (χ0) is 19.2. The van der Waals surface area contributed by atoms with E-state index >= 15 is 0 Å². The van der Waals surface area contributed by atoms with Gasteiger partial charge in [-0.05, 0) is 12.1 Å². The first-order valence-electron chi connectivity index (χ1n) is 8.49. The summed E-state index contributed by atoms with van der Waals surface area (Å²) < 4.78 is 1.66. The van der Waals surface area contributed by atoms with Crippen LogP contribution in [0.15, 0.2) is 42.2 Å². The first-order valence-corrected chi connectivity index (χ1v) is 9.37. The third kappa shape index (κ3) is 4.98. The van der Waals surface area contributed by atoms with E-state index < -0.39 is 0 Å². The number of carbonyl (C=O) groups excluding carboxylic acids is 2. The summed E-state index contributed by atoms with van der Waals surface area (Å²) >= 11 is 1.31. The van der Waals surface area contributed by atoms with E-state index in [0.29, 0.717) is 23.2 Å². The first kappa shape index (κ1) is 18.7. The largest absolute Gasteiger partial charge is 0.352 e. The lowest BCUT2D eigenvalue weighted by atomic mass is 10.2. The smallest absolute Gasteiger partial charge is 0.228 e. The van der Waals surface area contributed by atoms with E-state index in [-0.39, 0.29) is 24.2 Å². The molecule has 0 fully saturated rings. The van der Waals surface area contributed by atoms with Gasteiger partial charge in [0.1, 0.15) is 0 Å². The molecule has 0 saturated carbocycles. The molecule has 2 amide bonds. The van der Waals surface area contributed by atoms with Gasteiger partial charge in [0, 0.05) is 42.0 Å². The number of amides is 2. The Morgan fingerprint density at radius 2 is 2.11 bits per heavy atom. The number of pyridine rings is 1. The summed E-state index contributed by atoms with van der Waals surface area (Å²) in [5.41, 5.74) is 1.48. The zero-order valence-electron chi connectivity index (χ0n) is 15.0. The van der Waals surface area contributed by atoms with E-state index in [1.165, 1.54) is 11.3 Å². The quantitative estimate of drug-likeness (QED) is 0.650. The lowest BCUT2D eigenvalue weighted by Crippen LogP contribution is -2.25. The van der Waals surface area contributed by atoms with Crippen LogP contribution in [0.3, 0.4) is 0 Å². The fraction of sp³-hybridized carbons (Fsp3) is 0.278. The Hall–Kier alpha value is -3.07. The minimum Gasteiger partial charge on any atom is -0.352 e. The molecular formula is C18H20N6O2S. The number of nitrogens with one attached hydrogen (secondary N) is 2. The Balaban J connectivity index is 1.57. The van der Waals surface area contributed by atoms with Crippen molar-refractivity contribution in [1.82, 2.24) is 25.1 Å². The highest BCUT2D eigenvalue weighted by Crippen LogP contribution is 2.17. The van der Waals surface area contributed by atoms with E-state index in [0.717, 1.165) is 5.56 Å². The van der Waals surface area contributed by atoms with Gasteiger partial charge in [-0.15, -0.1) is 11.3 Å². The molecule has 3 aromatic rings. The van der Waals surface area contributed by atoms with Crippen molar-refractivity contribution in [1.29, 1.82) is 0 Å². The van der Waals surface area contributed by atoms with Gasteiger partial charge in [-0.2, -0.15) is 5.10 Å². The van der Waals surface area contributed by atoms with Crippen LogP contribution in [0.2, 0.25) is 0 Å². The summed E-state index contributed by atoms with van der Waals surface area (Å²) in [6, 6.07) is 5.53. The fourth-order valence-electron chi connectivity index (χ4n) is 2.28. The molecule has 3 rings (SSSR count). The number of carbonyl (C=O) groups is 2. The number of nitrogens with zero attached hydrogens (tertiary/aromatic N) is 4. The normalized spacial score (nSPS) is 10.8. The van der Waals surface area contributed by atoms with Gasteiger partial charge >= 0.3 is 0 Å². The summed E-state index contributed by atoms with van der Waals surface area (Å²) in [6.07, 6.45) is 5.31. The van der Waals surface area contributed by atoms with Gasteiger partial charge in [0.05, 0.1) is 12.1 Å². The maximum Gasteiger partial charge on any atom is 0.228 e. The van der Waals surface area contributed by atoms with Gasteiger partial charge < -0.3 is 10.6 Å². The third-order valence-electron chi connectivity index (χ3n) is 3.71. The van der Waals surface area contributed by atoms with Gasteiger partial charge in [-0.25, -0.2) is 14.6 Å². The molecule has 8 nitrogen and oxygen atoms in total. The second-order valence-electron chi connectivity index (χ2n) is 6.18. The van der Waals surface area contributed by atoms with Gasteiger partial charge in [0.15, 0.2) is 10.9 Å². The van der Waals surface area contributed by atoms with Crippen LogP contribution in [0, 0.1) is 5.92 Å². The predicted octanol–water partition coefficient (Wildman–Crippen LogP) is 2.18. The monoisotopic (exact) mass is 384 g/mol. The van der Waals surface area contributed by atoms with Crippen LogP contribution in [0.25, 0.3) is 5.82 Å². The number of aromatic nitrogens is 4. The van der Waals surface area contributed by atoms with Crippen LogP contribution in [-0.4, -0.2) is 31.6 Å². The maximum absolute atomic E-state index is 12.2. The van der Waals surface area contributed by atoms with Crippen molar-refractivity contribution in [2.24, 2.45) is 5.92 Å². The molecule has 0 aliphatic heterocycles. The Morgan fingerprint density at radius 3 is 2.85 bits per heavy atom. The number of hydrogen-bond donors (Lipinski definition) is 2. The molecule has 0 aliphatic carbocycles. The van der Waals surface area contributed by atoms with Crippen LogP contribution in [0.5, 0.6) is 0 Å². The van der Waals surface area contributed by atoms with Crippen LogP contribution in [0.1, 0.15) is 25.1 Å². The summed E-state index contributed by atoms with van der Waals surface area (Å²) in [5, 5.41) is 12.1. The van der Waals surface area contributed by atoms with Crippen molar-refractivity contribution < 1.29 is 9.59 Å². The van der Waals surface area contributed by atoms with Gasteiger partial charge in [-0.3, -0.25) is 9.59 Å². The van der Waals surface area contributed by atoms with Crippen molar-refractivity contribution in [3.05, 3.63) is 53.4 Å². The second kappa shape index (κ2) is 8.54. The molecule has 0 aromatic carbocycles. The number of anilines is 1. The number of thiazole rings is 1. The molecule has 0 saturated heterocycles. The van der Waals surface area contributed by atoms with E-state index in [2.05, 4.69) is 25.7 Å². The first-order chi connectivity index (χ1) is 13.0. The number of hydrogen-bond acceptors (Lipinski definition) is 6. The highest BCUT2D eigenvalue weighted by Gasteiger charge is 2.13. The lowest BCUT2D eigenvalue weighted by molar-refractivity contribution is -0.120. The van der Waals surface area contributed by atoms with Crippen LogP contribution in [0.4, 0.5) is 5.13 Å². The third-order valence-corrected chi connectivity index (χ3v) is 4.52. The molecule has 3 aromatic heterocycles. The van der Waals surface area contributed by atoms with E-state index in [1.807, 2.05) is 32.0 Å². The minimum atomic E-state index is -0.155. The Morgan fingerprint density at radius 1 is 1.26 bits per heavy atom. The highest BCUT2D eigenvalue weighted by molar-refractivity contribution is 7.13. The van der Waals surface area contributed by atoms with Gasteiger partial charge in [0.2, 0.25) is 11.8 Å². The highest BCUT2D eigenvalue weighted by atomic mass is 32.1. The predicted molar refractivity (Wildman–Crippen MR) is 102 cm³/mol. The molecule has 27 heavy (non-hydrogen) atoms. The topological polar surface area (TPSA) is 102 Å². The molecule has 0 unspecified atom stereocenters. The molecule has 0 bridgehead atoms. The molecule has 0 radical (unpaired) electrons. The Labute approximate surface area is 160 Å². The Bertz CT molecular complexity index is 920. The van der Waals surface area contributed by atoms with Gasteiger partial charge in [-0.1, -0.05) is 19.9 Å². The molecule has 140 valence electrons. The zero-order valence-corrected chi connectivity index (χ0v) is 15.9. The summed E-state index contributed by atoms with van der Waals surface area (Å²) in [7, 11) is 0. The number of rotatable bonds is 7. The molecular weight excluding hydrogens is 364 g/mol. The van der Waals surface area contributed by atoms with Crippen molar-refractivity contribution >= 4 is 28.3 Å². The molecule has 0 spiro atoms. The fourth-order valence-corrected chi connectivity index (χ4v) is 3.00. The van der Waals surface area contributed by atoms with Crippen LogP contribution in [-0.2, 0) is 22.6 Å². The molecule has 0 atom stereocenters. The van der Waals surface area contributed by atoms with E-state index in [9.17, 15) is 9.59 Å². The van der Waals surface area contributed by atoms with E-state index in [1.54, 1.807) is 28.7 Å². The van der Waals surface area contributed by atoms with Gasteiger partial charge in [0.25, 0.3) is 0 Å². The molecule has 0 aliphatic rings. The van der Waals surface area contributed by atoms with E-state index in [4.69, 9.17) is 0 Å². The Kier molecular flexibility index (Phi) is 5.92. The molecule has 9 heteroatoms. The van der Waals surface area contributed by atoms with Crippen LogP contribution >= 0.6 is 11.3 Å². The van der Waals surface area contributed by atoms with Crippen molar-refractivity contribution in [2.45, 2.75) is 26.8 Å². The summed E-state index contributed by atoms with van der Waals surface area (Å²) in [6.45, 7) is 3.96. The second-order valence-corrected chi connectivity index (χ2v) is 7.04. The minimum absolute atomic E-state index is 0.0944. The molecule has 3 heterocycles. The standard InChI is InChI=1S/C18H20N6O2S/c1-12(2)17(26)23-18-22-14(11-27-18)9-15(25)20-10-13-5-3-6-19-16(13)24-8-4-7-21-24/h3-8,11-12H,9-10H2,1-2H3,(H,20,25)(H,22,23,26). The maximum atomic E-state index is 12.2. The van der Waals surface area contributed by atoms with Crippen molar-refractivity contribution in [2.75, 3.05) is 5.32 Å². The summed E-state index contributed by atoms with van der Waals surface area (Å²) in [4.78, 5) is 32.6.